The highest BCUT2D eigenvalue weighted by Gasteiger charge is 2.16. The summed E-state index contributed by atoms with van der Waals surface area (Å²) < 4.78 is 11.3. The molecule has 1 amide bonds. The van der Waals surface area contributed by atoms with Crippen molar-refractivity contribution in [1.82, 2.24) is 5.32 Å². The van der Waals surface area contributed by atoms with Crippen molar-refractivity contribution in [2.24, 2.45) is 0 Å². The van der Waals surface area contributed by atoms with Crippen molar-refractivity contribution in [3.05, 3.63) is 40.1 Å². The second kappa shape index (κ2) is 6.79. The maximum atomic E-state index is 12.1. The van der Waals surface area contributed by atoms with Crippen LogP contribution in [0.25, 0.3) is 0 Å². The molecule has 20 heavy (non-hydrogen) atoms. The Morgan fingerprint density at radius 3 is 2.90 bits per heavy atom. The summed E-state index contributed by atoms with van der Waals surface area (Å²) in [7, 11) is 1.63. The fraction of sp³-hybridized carbons (Fsp3) is 0.400. The lowest BCUT2D eigenvalue weighted by atomic mass is 10.1. The zero-order valence-electron chi connectivity index (χ0n) is 11.6. The van der Waals surface area contributed by atoms with E-state index in [4.69, 9.17) is 9.47 Å². The van der Waals surface area contributed by atoms with Gasteiger partial charge in [-0.25, -0.2) is 0 Å². The van der Waals surface area contributed by atoms with Gasteiger partial charge in [-0.1, -0.05) is 6.07 Å². The first-order chi connectivity index (χ1) is 9.61. The molecule has 0 bridgehead atoms. The van der Waals surface area contributed by atoms with E-state index in [9.17, 15) is 4.79 Å². The van der Waals surface area contributed by atoms with Crippen molar-refractivity contribution < 1.29 is 14.3 Å². The van der Waals surface area contributed by atoms with Gasteiger partial charge in [0.1, 0.15) is 5.75 Å². The second-order valence-corrected chi connectivity index (χ2v) is 5.56. The smallest absolute Gasteiger partial charge is 0.250 e. The molecule has 0 unspecified atom stereocenters. The van der Waals surface area contributed by atoms with Crippen LogP contribution in [-0.4, -0.2) is 19.6 Å². The van der Waals surface area contributed by atoms with E-state index >= 15 is 0 Å². The molecule has 1 aromatic rings. The zero-order valence-corrected chi connectivity index (χ0v) is 13.2. The molecule has 1 aliphatic rings. The molecule has 0 fully saturated rings. The molecule has 1 heterocycles. The van der Waals surface area contributed by atoms with Gasteiger partial charge in [0.2, 0.25) is 0 Å². The number of amides is 1. The average Bonchev–Trinajstić information content (AvgIpc) is 2.48. The Morgan fingerprint density at radius 2 is 2.30 bits per heavy atom. The summed E-state index contributed by atoms with van der Waals surface area (Å²) in [5.41, 5.74) is 1.72. The molecule has 0 saturated heterocycles. The van der Waals surface area contributed by atoms with Gasteiger partial charge < -0.3 is 14.8 Å². The van der Waals surface area contributed by atoms with E-state index in [1.54, 1.807) is 13.4 Å². The van der Waals surface area contributed by atoms with Gasteiger partial charge in [-0.3, -0.25) is 4.79 Å². The highest BCUT2D eigenvalue weighted by Crippen LogP contribution is 2.28. The van der Waals surface area contributed by atoms with Gasteiger partial charge in [-0.15, -0.1) is 0 Å². The predicted octanol–water partition coefficient (Wildman–Crippen LogP) is 3.33. The standard InChI is InChI=1S/C15H18BrNO3/c1-10(11-5-6-14(19-2)13(16)8-11)17-15(18)12-4-3-7-20-9-12/h5-6,8-10H,3-4,7H2,1-2H3,(H,17,18)/t10-/m0/s1. The molecular formula is C15H18BrNO3. The molecule has 1 aliphatic heterocycles. The number of ether oxygens (including phenoxy) is 2. The van der Waals surface area contributed by atoms with Crippen molar-refractivity contribution in [2.45, 2.75) is 25.8 Å². The minimum absolute atomic E-state index is 0.0656. The Kier molecular flexibility index (Phi) is 5.06. The molecule has 4 nitrogen and oxygen atoms in total. The van der Waals surface area contributed by atoms with Crippen LogP contribution in [0.15, 0.2) is 34.5 Å². The van der Waals surface area contributed by atoms with Gasteiger partial charge >= 0.3 is 0 Å². The first-order valence-electron chi connectivity index (χ1n) is 6.56. The third-order valence-corrected chi connectivity index (χ3v) is 3.87. The number of benzene rings is 1. The SMILES string of the molecule is COc1ccc([C@H](C)NC(=O)C2=COCCC2)cc1Br. The molecule has 0 radical (unpaired) electrons. The van der Waals surface area contributed by atoms with Gasteiger partial charge in [-0.2, -0.15) is 0 Å². The summed E-state index contributed by atoms with van der Waals surface area (Å²) in [6, 6.07) is 5.70. The maximum Gasteiger partial charge on any atom is 0.250 e. The summed E-state index contributed by atoms with van der Waals surface area (Å²) in [6.45, 7) is 2.65. The van der Waals surface area contributed by atoms with Crippen LogP contribution in [-0.2, 0) is 9.53 Å². The predicted molar refractivity (Wildman–Crippen MR) is 80.5 cm³/mol. The summed E-state index contributed by atoms with van der Waals surface area (Å²) in [6.07, 6.45) is 3.22. The number of nitrogens with one attached hydrogen (secondary N) is 1. The van der Waals surface area contributed by atoms with Crippen LogP contribution in [0.3, 0.4) is 0 Å². The Hall–Kier alpha value is -1.49. The fourth-order valence-electron chi connectivity index (χ4n) is 2.06. The van der Waals surface area contributed by atoms with Gasteiger partial charge in [-0.05, 0) is 53.4 Å². The Morgan fingerprint density at radius 1 is 1.50 bits per heavy atom. The summed E-state index contributed by atoms with van der Waals surface area (Å²) in [5.74, 6) is 0.708. The largest absolute Gasteiger partial charge is 0.501 e. The van der Waals surface area contributed by atoms with E-state index < -0.39 is 0 Å². The normalized spacial score (nSPS) is 15.8. The summed E-state index contributed by atoms with van der Waals surface area (Å²) in [5, 5.41) is 2.98. The van der Waals surface area contributed by atoms with Crippen LogP contribution in [0.1, 0.15) is 31.4 Å². The number of halogens is 1. The minimum Gasteiger partial charge on any atom is -0.501 e. The van der Waals surface area contributed by atoms with Gasteiger partial charge in [0.05, 0.1) is 36.1 Å². The van der Waals surface area contributed by atoms with E-state index in [-0.39, 0.29) is 11.9 Å². The van der Waals surface area contributed by atoms with Crippen LogP contribution in [0.5, 0.6) is 5.75 Å². The monoisotopic (exact) mass is 339 g/mol. The second-order valence-electron chi connectivity index (χ2n) is 4.71. The van der Waals surface area contributed by atoms with Crippen LogP contribution in [0.2, 0.25) is 0 Å². The number of hydrogen-bond acceptors (Lipinski definition) is 3. The van der Waals surface area contributed by atoms with Gasteiger partial charge in [0.25, 0.3) is 5.91 Å². The first kappa shape index (κ1) is 14.9. The van der Waals surface area contributed by atoms with Crippen LogP contribution in [0.4, 0.5) is 0 Å². The Balaban J connectivity index is 2.04. The topological polar surface area (TPSA) is 47.6 Å². The van der Waals surface area contributed by atoms with Crippen molar-refractivity contribution >= 4 is 21.8 Å². The van der Waals surface area contributed by atoms with E-state index in [0.29, 0.717) is 12.2 Å². The molecule has 1 atom stereocenters. The van der Waals surface area contributed by atoms with E-state index in [2.05, 4.69) is 21.2 Å². The molecule has 0 aliphatic carbocycles. The molecule has 0 spiro atoms. The van der Waals surface area contributed by atoms with E-state index in [1.165, 1.54) is 0 Å². The van der Waals surface area contributed by atoms with Crippen LogP contribution >= 0.6 is 15.9 Å². The zero-order chi connectivity index (χ0) is 14.5. The van der Waals surface area contributed by atoms with Crippen LogP contribution in [0, 0.1) is 0 Å². The highest BCUT2D eigenvalue weighted by molar-refractivity contribution is 9.10. The third-order valence-electron chi connectivity index (χ3n) is 3.25. The average molecular weight is 340 g/mol. The summed E-state index contributed by atoms with van der Waals surface area (Å²) >= 11 is 3.45. The summed E-state index contributed by atoms with van der Waals surface area (Å²) in [4.78, 5) is 12.1. The molecule has 2 rings (SSSR count). The fourth-order valence-corrected chi connectivity index (χ4v) is 2.61. The molecular weight excluding hydrogens is 322 g/mol. The molecule has 5 heteroatoms. The molecule has 0 aromatic heterocycles. The Bertz CT molecular complexity index is 528. The minimum atomic E-state index is -0.0764. The molecule has 1 aromatic carbocycles. The quantitative estimate of drug-likeness (QED) is 0.915. The van der Waals surface area contributed by atoms with E-state index in [1.807, 2.05) is 25.1 Å². The maximum absolute atomic E-state index is 12.1. The van der Waals surface area contributed by atoms with Crippen molar-refractivity contribution in [1.29, 1.82) is 0 Å². The van der Waals surface area contributed by atoms with Gasteiger partial charge in [0, 0.05) is 0 Å². The highest BCUT2D eigenvalue weighted by atomic mass is 79.9. The lowest BCUT2D eigenvalue weighted by molar-refractivity contribution is -0.118. The molecule has 1 N–H and O–H groups in total. The lowest BCUT2D eigenvalue weighted by Crippen LogP contribution is -2.29. The van der Waals surface area contributed by atoms with Crippen molar-refractivity contribution in [3.63, 3.8) is 0 Å². The number of hydrogen-bond donors (Lipinski definition) is 1. The van der Waals surface area contributed by atoms with E-state index in [0.717, 1.165) is 28.6 Å². The number of rotatable bonds is 4. The number of carbonyl (C=O) groups excluding carboxylic acids is 1. The number of methoxy groups -OCH3 is 1. The third kappa shape index (κ3) is 3.54. The number of carbonyl (C=O) groups is 1. The van der Waals surface area contributed by atoms with Gasteiger partial charge in [0.15, 0.2) is 0 Å². The van der Waals surface area contributed by atoms with Crippen molar-refractivity contribution in [3.8, 4) is 5.75 Å². The molecule has 0 saturated carbocycles. The Labute approximate surface area is 127 Å². The van der Waals surface area contributed by atoms with Crippen LogP contribution < -0.4 is 10.1 Å². The first-order valence-corrected chi connectivity index (χ1v) is 7.36. The lowest BCUT2D eigenvalue weighted by Gasteiger charge is -2.18. The molecule has 108 valence electrons. The van der Waals surface area contributed by atoms with Crippen molar-refractivity contribution in [2.75, 3.05) is 13.7 Å².